The number of nitrogen functional groups attached to an aromatic ring is 1. The molecule has 1 aliphatic rings. The van der Waals surface area contributed by atoms with Crippen LogP contribution in [0, 0.1) is 0 Å². The molecule has 3 N–H and O–H groups in total. The van der Waals surface area contributed by atoms with E-state index >= 15 is 0 Å². The summed E-state index contributed by atoms with van der Waals surface area (Å²) in [6, 6.07) is 6.90. The van der Waals surface area contributed by atoms with E-state index < -0.39 is 6.04 Å². The smallest absolute Gasteiger partial charge is 0.251 e. The fraction of sp³-hybridized carbons (Fsp3) is 0.267. The topological polar surface area (TPSA) is 88.3 Å². The van der Waals surface area contributed by atoms with Crippen molar-refractivity contribution in [2.24, 2.45) is 0 Å². The lowest BCUT2D eigenvalue weighted by atomic mass is 10.0. The molecule has 108 valence electrons. The van der Waals surface area contributed by atoms with E-state index in [2.05, 4.69) is 10.3 Å². The van der Waals surface area contributed by atoms with Crippen LogP contribution in [0.3, 0.4) is 0 Å². The van der Waals surface area contributed by atoms with Crippen LogP contribution in [0.1, 0.15) is 12.8 Å². The Bertz CT molecular complexity index is 729. The number of nitrogens with two attached hydrogens (primary N) is 1. The minimum absolute atomic E-state index is 0.134. The van der Waals surface area contributed by atoms with E-state index in [0.717, 1.165) is 16.6 Å². The van der Waals surface area contributed by atoms with Gasteiger partial charge in [0.25, 0.3) is 5.91 Å². The lowest BCUT2D eigenvalue weighted by molar-refractivity contribution is -0.146. The van der Waals surface area contributed by atoms with Crippen LogP contribution in [0.5, 0.6) is 0 Å². The van der Waals surface area contributed by atoms with Gasteiger partial charge in [-0.15, -0.1) is 0 Å². The van der Waals surface area contributed by atoms with Crippen molar-refractivity contribution in [1.29, 1.82) is 0 Å². The first-order valence-electron chi connectivity index (χ1n) is 6.77. The summed E-state index contributed by atoms with van der Waals surface area (Å²) in [4.78, 5) is 29.1. The number of benzene rings is 1. The Morgan fingerprint density at radius 3 is 2.95 bits per heavy atom. The summed E-state index contributed by atoms with van der Waals surface area (Å²) < 4.78 is 0. The second-order valence-corrected chi connectivity index (χ2v) is 5.16. The minimum Gasteiger partial charge on any atom is -0.399 e. The molecule has 2 heterocycles. The van der Waals surface area contributed by atoms with Crippen LogP contribution in [-0.2, 0) is 9.59 Å². The number of carbonyl (C=O) groups excluding carboxylic acids is 2. The molecule has 2 aromatic rings. The summed E-state index contributed by atoms with van der Waals surface area (Å²) in [6.07, 6.45) is 2.54. The van der Waals surface area contributed by atoms with Crippen LogP contribution in [0.15, 0.2) is 30.5 Å². The molecule has 2 amide bonds. The zero-order valence-corrected chi connectivity index (χ0v) is 11.7. The summed E-state index contributed by atoms with van der Waals surface area (Å²) in [5.74, 6) is -0.336. The maximum atomic E-state index is 12.1. The SMILES string of the molecule is CN1C(=O)CCC(Nc2ccnc3cc(N)ccc23)C1=O. The van der Waals surface area contributed by atoms with Gasteiger partial charge in [-0.1, -0.05) is 0 Å². The number of nitrogens with zero attached hydrogens (tertiary/aromatic N) is 2. The Morgan fingerprint density at radius 1 is 1.33 bits per heavy atom. The first-order valence-corrected chi connectivity index (χ1v) is 6.77. The van der Waals surface area contributed by atoms with Crippen molar-refractivity contribution in [3.63, 3.8) is 0 Å². The first kappa shape index (κ1) is 13.4. The number of likely N-dealkylation sites (tertiary alicyclic amines) is 1. The monoisotopic (exact) mass is 284 g/mol. The molecule has 1 aliphatic heterocycles. The number of amides is 2. The van der Waals surface area contributed by atoms with Gasteiger partial charge in [0.15, 0.2) is 0 Å². The van der Waals surface area contributed by atoms with Crippen molar-refractivity contribution in [2.75, 3.05) is 18.1 Å². The molecule has 21 heavy (non-hydrogen) atoms. The number of piperidine rings is 1. The predicted molar refractivity (Wildman–Crippen MR) is 80.6 cm³/mol. The minimum atomic E-state index is -0.393. The molecule has 1 atom stereocenters. The van der Waals surface area contributed by atoms with Crippen LogP contribution in [0.25, 0.3) is 10.9 Å². The van der Waals surface area contributed by atoms with E-state index in [-0.39, 0.29) is 11.8 Å². The van der Waals surface area contributed by atoms with Crippen molar-refractivity contribution >= 4 is 34.1 Å². The molecule has 1 saturated heterocycles. The number of imide groups is 1. The van der Waals surface area contributed by atoms with Gasteiger partial charge < -0.3 is 11.1 Å². The van der Waals surface area contributed by atoms with Gasteiger partial charge in [0.1, 0.15) is 6.04 Å². The number of carbonyl (C=O) groups is 2. The Kier molecular flexibility index (Phi) is 3.21. The molecule has 0 aliphatic carbocycles. The highest BCUT2D eigenvalue weighted by Gasteiger charge is 2.31. The van der Waals surface area contributed by atoms with E-state index in [1.807, 2.05) is 12.1 Å². The average Bonchev–Trinajstić information content (AvgIpc) is 2.48. The molecule has 0 spiro atoms. The summed E-state index contributed by atoms with van der Waals surface area (Å²) in [5.41, 5.74) is 7.99. The molecule has 0 saturated carbocycles. The Labute approximate surface area is 121 Å². The van der Waals surface area contributed by atoms with Gasteiger partial charge in [-0.05, 0) is 30.7 Å². The van der Waals surface area contributed by atoms with Crippen LogP contribution in [0.2, 0.25) is 0 Å². The number of fused-ring (bicyclic) bond motifs is 1. The molecule has 1 aromatic heterocycles. The molecular formula is C15H16N4O2. The van der Waals surface area contributed by atoms with Gasteiger partial charge in [0.05, 0.1) is 5.52 Å². The molecule has 3 rings (SSSR count). The molecule has 6 nitrogen and oxygen atoms in total. The second-order valence-electron chi connectivity index (χ2n) is 5.16. The number of anilines is 2. The number of rotatable bonds is 2. The predicted octanol–water partition coefficient (Wildman–Crippen LogP) is 1.38. The highest BCUT2D eigenvalue weighted by molar-refractivity contribution is 6.02. The maximum absolute atomic E-state index is 12.1. The third-order valence-electron chi connectivity index (χ3n) is 3.75. The van der Waals surface area contributed by atoms with E-state index in [1.165, 1.54) is 11.9 Å². The molecule has 1 fully saturated rings. The summed E-state index contributed by atoms with van der Waals surface area (Å²) in [6.45, 7) is 0. The quantitative estimate of drug-likeness (QED) is 0.642. The standard InChI is InChI=1S/C15H16N4O2/c1-19-14(20)5-4-12(15(19)21)18-11-6-7-17-13-8-9(16)2-3-10(11)13/h2-3,6-8,12H,4-5,16H2,1H3,(H,17,18). The molecule has 6 heteroatoms. The lowest BCUT2D eigenvalue weighted by Crippen LogP contribution is -2.48. The Balaban J connectivity index is 1.92. The molecule has 0 bridgehead atoms. The first-order chi connectivity index (χ1) is 10.1. The number of nitrogens with one attached hydrogen (secondary N) is 1. The van der Waals surface area contributed by atoms with Gasteiger partial charge in [0.2, 0.25) is 5.91 Å². The molecule has 1 unspecified atom stereocenters. The van der Waals surface area contributed by atoms with Gasteiger partial charge in [-0.25, -0.2) is 0 Å². The largest absolute Gasteiger partial charge is 0.399 e. The van der Waals surface area contributed by atoms with Gasteiger partial charge in [-0.3, -0.25) is 19.5 Å². The van der Waals surface area contributed by atoms with E-state index in [9.17, 15) is 9.59 Å². The fourth-order valence-corrected chi connectivity index (χ4v) is 2.53. The highest BCUT2D eigenvalue weighted by Crippen LogP contribution is 2.25. The summed E-state index contributed by atoms with van der Waals surface area (Å²) in [5, 5.41) is 4.12. The number of hydrogen-bond donors (Lipinski definition) is 2. The lowest BCUT2D eigenvalue weighted by Gasteiger charge is -2.29. The zero-order chi connectivity index (χ0) is 15.0. The van der Waals surface area contributed by atoms with Gasteiger partial charge in [0, 0.05) is 36.4 Å². The number of pyridine rings is 1. The van der Waals surface area contributed by atoms with E-state index in [4.69, 9.17) is 5.73 Å². The number of likely N-dealkylation sites (N-methyl/N-ethyl adjacent to an activating group) is 1. The van der Waals surface area contributed by atoms with Crippen LogP contribution in [0.4, 0.5) is 11.4 Å². The molecule has 0 radical (unpaired) electrons. The fourth-order valence-electron chi connectivity index (χ4n) is 2.53. The van der Waals surface area contributed by atoms with Crippen LogP contribution < -0.4 is 11.1 Å². The zero-order valence-electron chi connectivity index (χ0n) is 11.7. The van der Waals surface area contributed by atoms with Crippen LogP contribution >= 0.6 is 0 Å². The second kappa shape index (κ2) is 5.05. The van der Waals surface area contributed by atoms with Crippen molar-refractivity contribution in [3.8, 4) is 0 Å². The number of aromatic nitrogens is 1. The third-order valence-corrected chi connectivity index (χ3v) is 3.75. The number of hydrogen-bond acceptors (Lipinski definition) is 5. The average molecular weight is 284 g/mol. The molecule has 1 aromatic carbocycles. The van der Waals surface area contributed by atoms with E-state index in [0.29, 0.717) is 18.5 Å². The summed E-state index contributed by atoms with van der Waals surface area (Å²) in [7, 11) is 1.52. The van der Waals surface area contributed by atoms with Gasteiger partial charge >= 0.3 is 0 Å². The maximum Gasteiger partial charge on any atom is 0.251 e. The highest BCUT2D eigenvalue weighted by atomic mass is 16.2. The Hall–Kier alpha value is -2.63. The van der Waals surface area contributed by atoms with Crippen molar-refractivity contribution < 1.29 is 9.59 Å². The summed E-state index contributed by atoms with van der Waals surface area (Å²) >= 11 is 0. The van der Waals surface area contributed by atoms with Crippen LogP contribution in [-0.4, -0.2) is 34.8 Å². The third kappa shape index (κ3) is 2.40. The van der Waals surface area contributed by atoms with Crippen molar-refractivity contribution in [1.82, 2.24) is 9.88 Å². The Morgan fingerprint density at radius 2 is 2.14 bits per heavy atom. The van der Waals surface area contributed by atoms with Crippen molar-refractivity contribution in [2.45, 2.75) is 18.9 Å². The van der Waals surface area contributed by atoms with E-state index in [1.54, 1.807) is 18.3 Å². The van der Waals surface area contributed by atoms with Crippen molar-refractivity contribution in [3.05, 3.63) is 30.5 Å². The normalized spacial score (nSPS) is 19.1. The van der Waals surface area contributed by atoms with Gasteiger partial charge in [-0.2, -0.15) is 0 Å². The molecular weight excluding hydrogens is 268 g/mol.